The van der Waals surface area contributed by atoms with Crippen molar-refractivity contribution in [3.05, 3.63) is 71.5 Å². The van der Waals surface area contributed by atoms with Gasteiger partial charge in [-0.3, -0.25) is 0 Å². The number of nitrogens with zero attached hydrogens (tertiary/aromatic N) is 2. The molecule has 0 radical (unpaired) electrons. The molecular formula is C36H42ClN3O8. The van der Waals surface area contributed by atoms with Crippen LogP contribution in [0, 0.1) is 0 Å². The average Bonchev–Trinajstić information content (AvgIpc) is 3.67. The monoisotopic (exact) mass is 679 g/mol. The maximum atomic E-state index is 12.6. The Hall–Kier alpha value is -4.48. The Bertz CT molecular complexity index is 1770. The van der Waals surface area contributed by atoms with Gasteiger partial charge < -0.3 is 38.9 Å². The zero-order chi connectivity index (χ0) is 34.4. The molecule has 256 valence electrons. The van der Waals surface area contributed by atoms with Crippen LogP contribution in [0.25, 0.3) is 21.7 Å². The number of hydrogen-bond acceptors (Lipinski definition) is 8. The number of carbonyl (C=O) groups excluding carboxylic acids is 2. The van der Waals surface area contributed by atoms with Crippen molar-refractivity contribution in [3.63, 3.8) is 0 Å². The number of carboxylic acid groups (broad SMARTS) is 1. The molecule has 1 aliphatic carbocycles. The molecule has 2 amide bonds. The summed E-state index contributed by atoms with van der Waals surface area (Å²) in [6, 6.07) is 16.7. The highest BCUT2D eigenvalue weighted by Crippen LogP contribution is 2.42. The molecular weight excluding hydrogens is 638 g/mol. The summed E-state index contributed by atoms with van der Waals surface area (Å²) >= 11 is 6.18. The molecule has 4 aromatic rings. The summed E-state index contributed by atoms with van der Waals surface area (Å²) in [5.74, 6) is 1.02. The predicted octanol–water partition coefficient (Wildman–Crippen LogP) is 6.89. The number of alkyl halides is 1. The summed E-state index contributed by atoms with van der Waals surface area (Å²) in [6.45, 7) is 9.11. The fourth-order valence-corrected chi connectivity index (χ4v) is 6.13. The minimum absolute atomic E-state index is 0.122. The standard InChI is InChI=1S/C20H23ClN2O2.C16H19NO6/c1-22-8-10-23(11-9-22)20(24)25-18-12-14-6-7-15(13-21)19(14)17-5-3-2-4-16(17)18;1-16(2,3)23-15(20)17-6-7-21-11-4-5-12-10(8-11)9-13(22-12)14(18)19/h2-5,12,15H,6-11,13H2,1H3;4-5,8-9H,6-7H2,1-3H3,(H,17,20)(H,18,19)/t15-;/m0./s1. The lowest BCUT2D eigenvalue weighted by Gasteiger charge is -2.31. The van der Waals surface area contributed by atoms with Gasteiger partial charge in [-0.15, -0.1) is 11.6 Å². The molecule has 2 heterocycles. The fourth-order valence-electron chi connectivity index (χ4n) is 5.82. The number of halogens is 1. The van der Waals surface area contributed by atoms with Crippen LogP contribution in [-0.2, 0) is 11.2 Å². The lowest BCUT2D eigenvalue weighted by atomic mass is 9.95. The van der Waals surface area contributed by atoms with Crippen molar-refractivity contribution in [3.8, 4) is 11.5 Å². The lowest BCUT2D eigenvalue weighted by Crippen LogP contribution is -2.48. The number of furan rings is 1. The molecule has 48 heavy (non-hydrogen) atoms. The van der Waals surface area contributed by atoms with E-state index in [1.807, 2.05) is 18.2 Å². The van der Waals surface area contributed by atoms with Crippen molar-refractivity contribution < 1.29 is 38.1 Å². The SMILES string of the molecule is CC(C)(C)OC(=O)NCCOc1ccc2oc(C(=O)O)cc2c1.CN1CCN(C(=O)Oc2cc3c(c4ccccc24)[C@H](CCl)CC3)CC1. The minimum Gasteiger partial charge on any atom is -0.492 e. The van der Waals surface area contributed by atoms with Crippen molar-refractivity contribution in [2.75, 3.05) is 52.3 Å². The summed E-state index contributed by atoms with van der Waals surface area (Å²) in [5, 5.41) is 14.3. The maximum absolute atomic E-state index is 12.6. The van der Waals surface area contributed by atoms with Crippen LogP contribution in [0.5, 0.6) is 11.5 Å². The molecule has 1 atom stereocenters. The molecule has 11 nitrogen and oxygen atoms in total. The predicted molar refractivity (Wildman–Crippen MR) is 184 cm³/mol. The zero-order valence-corrected chi connectivity index (χ0v) is 28.5. The van der Waals surface area contributed by atoms with Crippen LogP contribution >= 0.6 is 11.6 Å². The van der Waals surface area contributed by atoms with Gasteiger partial charge >= 0.3 is 18.2 Å². The first-order valence-corrected chi connectivity index (χ1v) is 16.6. The molecule has 2 aliphatic rings. The largest absolute Gasteiger partial charge is 0.492 e. The Balaban J connectivity index is 0.000000189. The first-order chi connectivity index (χ1) is 22.9. The van der Waals surface area contributed by atoms with E-state index in [0.29, 0.717) is 53.9 Å². The number of benzene rings is 3. The van der Waals surface area contributed by atoms with Gasteiger partial charge in [0.2, 0.25) is 5.76 Å². The number of alkyl carbamates (subject to hydrolysis) is 1. The number of ether oxygens (including phenoxy) is 3. The third-order valence-corrected chi connectivity index (χ3v) is 8.56. The number of hydrogen-bond donors (Lipinski definition) is 2. The molecule has 1 aliphatic heterocycles. The van der Waals surface area contributed by atoms with Gasteiger partial charge in [-0.2, -0.15) is 0 Å². The van der Waals surface area contributed by atoms with E-state index in [2.05, 4.69) is 29.4 Å². The normalized spacial score (nSPS) is 16.2. The number of carboxylic acids is 1. The Kier molecular flexibility index (Phi) is 11.0. The Labute approximate surface area is 284 Å². The molecule has 0 spiro atoms. The van der Waals surface area contributed by atoms with E-state index < -0.39 is 17.7 Å². The highest BCUT2D eigenvalue weighted by molar-refractivity contribution is 6.18. The number of aryl methyl sites for hydroxylation is 1. The highest BCUT2D eigenvalue weighted by Gasteiger charge is 2.27. The first-order valence-electron chi connectivity index (χ1n) is 16.0. The van der Waals surface area contributed by atoms with Crippen LogP contribution in [0.2, 0.25) is 0 Å². The third-order valence-electron chi connectivity index (χ3n) is 8.19. The molecule has 2 N–H and O–H groups in total. The van der Waals surface area contributed by atoms with Gasteiger partial charge in [-0.25, -0.2) is 14.4 Å². The van der Waals surface area contributed by atoms with Crippen molar-refractivity contribution in [2.24, 2.45) is 0 Å². The molecule has 3 aromatic carbocycles. The zero-order valence-electron chi connectivity index (χ0n) is 27.7. The van der Waals surface area contributed by atoms with Crippen LogP contribution in [0.15, 0.2) is 59.0 Å². The van der Waals surface area contributed by atoms with Crippen LogP contribution in [0.3, 0.4) is 0 Å². The van der Waals surface area contributed by atoms with E-state index in [9.17, 15) is 14.4 Å². The summed E-state index contributed by atoms with van der Waals surface area (Å²) in [5.41, 5.74) is 2.54. The second kappa shape index (κ2) is 15.2. The minimum atomic E-state index is -1.12. The highest BCUT2D eigenvalue weighted by atomic mass is 35.5. The van der Waals surface area contributed by atoms with Crippen LogP contribution < -0.4 is 14.8 Å². The second-order valence-electron chi connectivity index (χ2n) is 12.9. The topological polar surface area (TPSA) is 131 Å². The molecule has 0 saturated carbocycles. The number of aromatic carboxylic acids is 1. The van der Waals surface area contributed by atoms with Gasteiger partial charge in [-0.1, -0.05) is 24.3 Å². The number of likely N-dealkylation sites (N-methyl/N-ethyl adjacent to an activating group) is 1. The molecule has 0 unspecified atom stereocenters. The molecule has 1 aromatic heterocycles. The summed E-state index contributed by atoms with van der Waals surface area (Å²) < 4.78 is 21.6. The van der Waals surface area contributed by atoms with E-state index >= 15 is 0 Å². The number of rotatable bonds is 7. The molecule has 0 bridgehead atoms. The number of nitrogens with one attached hydrogen (secondary N) is 1. The first kappa shape index (κ1) is 34.8. The molecule has 1 fully saturated rings. The average molecular weight is 680 g/mol. The quantitative estimate of drug-likeness (QED) is 0.158. The van der Waals surface area contributed by atoms with Crippen molar-refractivity contribution in [1.82, 2.24) is 15.1 Å². The van der Waals surface area contributed by atoms with Crippen molar-refractivity contribution >= 4 is 51.5 Å². The number of piperazine rings is 1. The van der Waals surface area contributed by atoms with E-state index in [4.69, 9.17) is 35.3 Å². The number of fused-ring (bicyclic) bond motifs is 4. The van der Waals surface area contributed by atoms with Crippen molar-refractivity contribution in [2.45, 2.75) is 45.1 Å². The summed E-state index contributed by atoms with van der Waals surface area (Å²) in [4.78, 5) is 38.9. The van der Waals surface area contributed by atoms with Crippen LogP contribution in [0.4, 0.5) is 9.59 Å². The maximum Gasteiger partial charge on any atom is 0.415 e. The van der Waals surface area contributed by atoms with Gasteiger partial charge in [0.05, 0.1) is 6.54 Å². The number of carbonyl (C=O) groups is 3. The summed E-state index contributed by atoms with van der Waals surface area (Å²) in [7, 11) is 2.07. The lowest BCUT2D eigenvalue weighted by molar-refractivity contribution is 0.0519. The van der Waals surface area contributed by atoms with E-state index in [0.717, 1.165) is 31.3 Å². The van der Waals surface area contributed by atoms with Gasteiger partial charge in [0.25, 0.3) is 0 Å². The molecule has 12 heteroatoms. The van der Waals surface area contributed by atoms with Crippen LogP contribution in [0.1, 0.15) is 54.8 Å². The third kappa shape index (κ3) is 8.70. The Morgan fingerprint density at radius 2 is 1.75 bits per heavy atom. The van der Waals surface area contributed by atoms with Crippen molar-refractivity contribution in [1.29, 1.82) is 0 Å². The Morgan fingerprint density at radius 1 is 1.02 bits per heavy atom. The fraction of sp³-hybridized carbons (Fsp3) is 0.417. The van der Waals surface area contributed by atoms with E-state index in [1.54, 1.807) is 43.9 Å². The van der Waals surface area contributed by atoms with E-state index in [-0.39, 0.29) is 18.5 Å². The van der Waals surface area contributed by atoms with Gasteiger partial charge in [0.15, 0.2) is 0 Å². The summed E-state index contributed by atoms with van der Waals surface area (Å²) in [6.07, 6.45) is 1.32. The van der Waals surface area contributed by atoms with Gasteiger partial charge in [-0.05, 0) is 93.4 Å². The van der Waals surface area contributed by atoms with Gasteiger partial charge in [0, 0.05) is 42.8 Å². The second-order valence-corrected chi connectivity index (χ2v) is 13.2. The van der Waals surface area contributed by atoms with Gasteiger partial charge in [0.1, 0.15) is 29.3 Å². The Morgan fingerprint density at radius 3 is 2.44 bits per heavy atom. The smallest absolute Gasteiger partial charge is 0.415 e. The van der Waals surface area contributed by atoms with E-state index in [1.165, 1.54) is 22.6 Å². The number of amides is 2. The molecule has 6 rings (SSSR count). The van der Waals surface area contributed by atoms with Crippen LogP contribution in [-0.4, -0.2) is 90.9 Å². The molecule has 1 saturated heterocycles.